The highest BCUT2D eigenvalue weighted by Gasteiger charge is 2.01. The van der Waals surface area contributed by atoms with Gasteiger partial charge in [-0.15, -0.1) is 0 Å². The molecule has 0 atom stereocenters. The Morgan fingerprint density at radius 2 is 1.90 bits per heavy atom. The molecule has 0 unspecified atom stereocenters. The standard InChI is InChI=1S/C17H21NO2/c1-4-20-16-7-5-6-14(11-16)12-18-17-9-8-15(19-3)10-13(17)2/h5-11,18H,4,12H2,1-3H3. The maximum absolute atomic E-state index is 5.51. The number of hydrogen-bond acceptors (Lipinski definition) is 3. The fourth-order valence-corrected chi connectivity index (χ4v) is 2.07. The third-order valence-corrected chi connectivity index (χ3v) is 3.13. The molecule has 1 N–H and O–H groups in total. The van der Waals surface area contributed by atoms with E-state index in [0.29, 0.717) is 6.61 Å². The van der Waals surface area contributed by atoms with Crippen molar-refractivity contribution in [2.24, 2.45) is 0 Å². The molecular formula is C17H21NO2. The number of methoxy groups -OCH3 is 1. The van der Waals surface area contributed by atoms with Gasteiger partial charge in [-0.05, 0) is 55.3 Å². The second kappa shape index (κ2) is 6.85. The lowest BCUT2D eigenvalue weighted by molar-refractivity contribution is 0.340. The summed E-state index contributed by atoms with van der Waals surface area (Å²) >= 11 is 0. The average molecular weight is 271 g/mol. The lowest BCUT2D eigenvalue weighted by Gasteiger charge is -2.12. The Hall–Kier alpha value is -2.16. The Labute approximate surface area is 120 Å². The summed E-state index contributed by atoms with van der Waals surface area (Å²) in [5.74, 6) is 1.80. The normalized spacial score (nSPS) is 10.2. The molecule has 2 aromatic rings. The van der Waals surface area contributed by atoms with Gasteiger partial charge >= 0.3 is 0 Å². The number of rotatable bonds is 6. The molecule has 0 saturated carbocycles. The Kier molecular flexibility index (Phi) is 4.88. The van der Waals surface area contributed by atoms with E-state index in [0.717, 1.165) is 23.7 Å². The summed E-state index contributed by atoms with van der Waals surface area (Å²) in [7, 11) is 1.68. The zero-order chi connectivity index (χ0) is 14.4. The fourth-order valence-electron chi connectivity index (χ4n) is 2.07. The summed E-state index contributed by atoms with van der Waals surface area (Å²) in [4.78, 5) is 0. The maximum atomic E-state index is 5.51. The van der Waals surface area contributed by atoms with Gasteiger partial charge in [-0.1, -0.05) is 12.1 Å². The van der Waals surface area contributed by atoms with Gasteiger partial charge in [-0.25, -0.2) is 0 Å². The molecular weight excluding hydrogens is 250 g/mol. The number of aryl methyl sites for hydroxylation is 1. The zero-order valence-electron chi connectivity index (χ0n) is 12.3. The summed E-state index contributed by atoms with van der Waals surface area (Å²) in [5, 5.41) is 3.44. The minimum absolute atomic E-state index is 0.689. The van der Waals surface area contributed by atoms with E-state index in [1.165, 1.54) is 11.1 Å². The highest BCUT2D eigenvalue weighted by molar-refractivity contribution is 5.54. The first kappa shape index (κ1) is 14.3. The van der Waals surface area contributed by atoms with E-state index in [4.69, 9.17) is 9.47 Å². The van der Waals surface area contributed by atoms with Crippen molar-refractivity contribution >= 4 is 5.69 Å². The van der Waals surface area contributed by atoms with E-state index in [1.807, 2.05) is 37.3 Å². The number of ether oxygens (including phenoxy) is 2. The summed E-state index contributed by atoms with van der Waals surface area (Å²) in [6, 6.07) is 14.2. The van der Waals surface area contributed by atoms with Crippen LogP contribution >= 0.6 is 0 Å². The van der Waals surface area contributed by atoms with Crippen LogP contribution in [0.2, 0.25) is 0 Å². The topological polar surface area (TPSA) is 30.5 Å². The first-order valence-electron chi connectivity index (χ1n) is 6.83. The van der Waals surface area contributed by atoms with Crippen molar-refractivity contribution in [3.8, 4) is 11.5 Å². The van der Waals surface area contributed by atoms with E-state index < -0.39 is 0 Å². The van der Waals surface area contributed by atoms with E-state index in [9.17, 15) is 0 Å². The monoisotopic (exact) mass is 271 g/mol. The number of anilines is 1. The van der Waals surface area contributed by atoms with Crippen molar-refractivity contribution in [3.05, 3.63) is 53.6 Å². The molecule has 0 fully saturated rings. The van der Waals surface area contributed by atoms with Crippen molar-refractivity contribution in [3.63, 3.8) is 0 Å². The molecule has 0 aliphatic rings. The molecule has 2 aromatic carbocycles. The molecule has 0 saturated heterocycles. The van der Waals surface area contributed by atoms with Crippen LogP contribution in [0.4, 0.5) is 5.69 Å². The second-order valence-corrected chi connectivity index (χ2v) is 4.61. The van der Waals surface area contributed by atoms with Crippen molar-refractivity contribution in [2.45, 2.75) is 20.4 Å². The third kappa shape index (κ3) is 3.67. The molecule has 0 spiro atoms. The lowest BCUT2D eigenvalue weighted by atomic mass is 10.1. The van der Waals surface area contributed by atoms with E-state index in [2.05, 4.69) is 24.4 Å². The molecule has 0 bridgehead atoms. The molecule has 0 aliphatic heterocycles. The van der Waals surface area contributed by atoms with Crippen LogP contribution in [0.5, 0.6) is 11.5 Å². The van der Waals surface area contributed by atoms with E-state index >= 15 is 0 Å². The maximum Gasteiger partial charge on any atom is 0.119 e. The van der Waals surface area contributed by atoms with Gasteiger partial charge in [-0.3, -0.25) is 0 Å². The molecule has 0 aromatic heterocycles. The van der Waals surface area contributed by atoms with Gasteiger partial charge in [-0.2, -0.15) is 0 Å². The number of nitrogens with one attached hydrogen (secondary N) is 1. The average Bonchev–Trinajstić information content (AvgIpc) is 2.46. The minimum Gasteiger partial charge on any atom is -0.497 e. The predicted molar refractivity (Wildman–Crippen MR) is 82.7 cm³/mol. The van der Waals surface area contributed by atoms with Gasteiger partial charge in [0.25, 0.3) is 0 Å². The summed E-state index contributed by atoms with van der Waals surface area (Å²) in [5.41, 5.74) is 3.49. The van der Waals surface area contributed by atoms with Gasteiger partial charge in [0.05, 0.1) is 13.7 Å². The van der Waals surface area contributed by atoms with Gasteiger partial charge in [0, 0.05) is 12.2 Å². The van der Waals surface area contributed by atoms with Crippen molar-refractivity contribution < 1.29 is 9.47 Å². The van der Waals surface area contributed by atoms with Gasteiger partial charge in [0.2, 0.25) is 0 Å². The van der Waals surface area contributed by atoms with Crippen LogP contribution < -0.4 is 14.8 Å². The molecule has 106 valence electrons. The van der Waals surface area contributed by atoms with E-state index in [-0.39, 0.29) is 0 Å². The zero-order valence-corrected chi connectivity index (χ0v) is 12.3. The number of hydrogen-bond donors (Lipinski definition) is 1. The molecule has 0 aliphatic carbocycles. The Balaban J connectivity index is 2.03. The highest BCUT2D eigenvalue weighted by Crippen LogP contribution is 2.22. The van der Waals surface area contributed by atoms with Crippen molar-refractivity contribution in [1.82, 2.24) is 0 Å². The van der Waals surface area contributed by atoms with Crippen LogP contribution in [0.1, 0.15) is 18.1 Å². The van der Waals surface area contributed by atoms with Crippen LogP contribution in [0.25, 0.3) is 0 Å². The molecule has 3 nitrogen and oxygen atoms in total. The summed E-state index contributed by atoms with van der Waals surface area (Å²) in [6.07, 6.45) is 0. The summed E-state index contributed by atoms with van der Waals surface area (Å²) in [6.45, 7) is 5.52. The first-order valence-corrected chi connectivity index (χ1v) is 6.83. The van der Waals surface area contributed by atoms with Crippen LogP contribution in [-0.2, 0) is 6.54 Å². The van der Waals surface area contributed by atoms with Gasteiger partial charge in [0.15, 0.2) is 0 Å². The van der Waals surface area contributed by atoms with Gasteiger partial charge < -0.3 is 14.8 Å². The number of benzene rings is 2. The lowest BCUT2D eigenvalue weighted by Crippen LogP contribution is -2.02. The quantitative estimate of drug-likeness (QED) is 0.861. The minimum atomic E-state index is 0.689. The summed E-state index contributed by atoms with van der Waals surface area (Å²) < 4.78 is 10.7. The molecule has 3 heteroatoms. The predicted octanol–water partition coefficient (Wildman–Crippen LogP) is 4.01. The van der Waals surface area contributed by atoms with Crippen LogP contribution in [-0.4, -0.2) is 13.7 Å². The van der Waals surface area contributed by atoms with Crippen LogP contribution in [0.3, 0.4) is 0 Å². The first-order chi connectivity index (χ1) is 9.72. The third-order valence-electron chi connectivity index (χ3n) is 3.13. The fraction of sp³-hybridized carbons (Fsp3) is 0.294. The molecule has 0 amide bonds. The van der Waals surface area contributed by atoms with Crippen molar-refractivity contribution in [2.75, 3.05) is 19.0 Å². The SMILES string of the molecule is CCOc1cccc(CNc2ccc(OC)cc2C)c1. The Morgan fingerprint density at radius 1 is 1.05 bits per heavy atom. The largest absolute Gasteiger partial charge is 0.497 e. The molecule has 0 heterocycles. The highest BCUT2D eigenvalue weighted by atomic mass is 16.5. The second-order valence-electron chi connectivity index (χ2n) is 4.61. The smallest absolute Gasteiger partial charge is 0.119 e. The van der Waals surface area contributed by atoms with Crippen LogP contribution in [0, 0.1) is 6.92 Å². The molecule has 0 radical (unpaired) electrons. The Morgan fingerprint density at radius 3 is 2.60 bits per heavy atom. The van der Waals surface area contributed by atoms with E-state index in [1.54, 1.807) is 7.11 Å². The van der Waals surface area contributed by atoms with Crippen LogP contribution in [0.15, 0.2) is 42.5 Å². The Bertz CT molecular complexity index is 567. The van der Waals surface area contributed by atoms with Gasteiger partial charge in [0.1, 0.15) is 11.5 Å². The van der Waals surface area contributed by atoms with Crippen molar-refractivity contribution in [1.29, 1.82) is 0 Å². The molecule has 20 heavy (non-hydrogen) atoms. The molecule has 2 rings (SSSR count).